The van der Waals surface area contributed by atoms with Crippen molar-refractivity contribution in [2.24, 2.45) is 11.5 Å². The number of nitrogens with one attached hydrogen (secondary N) is 1. The second kappa shape index (κ2) is 15.4. The first kappa shape index (κ1) is 34.5. The smallest absolute Gasteiger partial charge is 0.355 e. The van der Waals surface area contributed by atoms with E-state index >= 15 is 0 Å². The zero-order chi connectivity index (χ0) is 34.4. The number of hydrogen-bond donors (Lipinski definition) is 4. The van der Waals surface area contributed by atoms with Crippen molar-refractivity contribution in [2.75, 3.05) is 51.1 Å². The van der Waals surface area contributed by atoms with Crippen LogP contribution in [0.5, 0.6) is 11.5 Å². The fourth-order valence-electron chi connectivity index (χ4n) is 5.06. The monoisotopic (exact) mass is 691 g/mol. The molecule has 0 fully saturated rings. The number of anilines is 2. The molecule has 0 unspecified atom stereocenters. The van der Waals surface area contributed by atoms with Crippen LogP contribution in [0.2, 0.25) is 0 Å². The maximum atomic E-state index is 14.6. The summed E-state index contributed by atoms with van der Waals surface area (Å²) in [4.78, 5) is 25.6. The number of ether oxygens (including phenoxy) is 2. The summed E-state index contributed by atoms with van der Waals surface area (Å²) in [7, 11) is 5.44. The number of nitrogens with two attached hydrogens (primary N) is 2. The SMILES string of the molecule is COc1ccc2sc(N/C(N)=C(\C)C3=C(N)N(c4nc(C(=O)O)c(CCCOc5ccc(C#CCN(C)C)cc5F)s4)CCC3)nc2c1. The molecule has 5 rings (SSSR count). The summed E-state index contributed by atoms with van der Waals surface area (Å²) < 4.78 is 26.5. The van der Waals surface area contributed by atoms with Crippen LogP contribution < -0.4 is 31.2 Å². The number of carboxylic acid groups (broad SMARTS) is 1. The number of halogens is 1. The highest BCUT2D eigenvalue weighted by atomic mass is 32.1. The fraction of sp³-hybridized carbons (Fsp3) is 0.324. The van der Waals surface area contributed by atoms with Crippen LogP contribution in [0.4, 0.5) is 14.7 Å². The van der Waals surface area contributed by atoms with Crippen molar-refractivity contribution in [1.82, 2.24) is 14.9 Å². The molecule has 0 radical (unpaired) electrons. The molecule has 4 aromatic rings. The molecule has 3 heterocycles. The number of aryl methyl sites for hydroxylation is 1. The van der Waals surface area contributed by atoms with Crippen LogP contribution in [0, 0.1) is 17.7 Å². The molecule has 0 saturated carbocycles. The Bertz CT molecular complexity index is 1940. The second-order valence-corrected chi connectivity index (χ2v) is 13.4. The Hall–Kier alpha value is -4.84. The van der Waals surface area contributed by atoms with E-state index in [1.807, 2.05) is 49.0 Å². The minimum atomic E-state index is -1.12. The topological polar surface area (TPSA) is 152 Å². The third kappa shape index (κ3) is 8.17. The summed E-state index contributed by atoms with van der Waals surface area (Å²) in [5.74, 6) is 6.03. The van der Waals surface area contributed by atoms with Gasteiger partial charge in [-0.25, -0.2) is 19.2 Å². The van der Waals surface area contributed by atoms with E-state index in [2.05, 4.69) is 27.1 Å². The number of aromatic carboxylic acids is 1. The van der Waals surface area contributed by atoms with Crippen molar-refractivity contribution in [3.63, 3.8) is 0 Å². The minimum absolute atomic E-state index is 0.0253. The molecule has 0 bridgehead atoms. The van der Waals surface area contributed by atoms with Gasteiger partial charge in [-0.3, -0.25) is 4.90 Å². The van der Waals surface area contributed by atoms with Crippen LogP contribution in [0.25, 0.3) is 10.2 Å². The normalized spacial score (nSPS) is 13.8. The lowest BCUT2D eigenvalue weighted by Crippen LogP contribution is -2.34. The maximum absolute atomic E-state index is 14.6. The number of rotatable bonds is 12. The Kier molecular flexibility index (Phi) is 11.0. The number of hydrogen-bond acceptors (Lipinski definition) is 12. The minimum Gasteiger partial charge on any atom is -0.497 e. The summed E-state index contributed by atoms with van der Waals surface area (Å²) in [6.07, 6.45) is 2.33. The van der Waals surface area contributed by atoms with E-state index in [0.29, 0.717) is 64.7 Å². The molecule has 48 heavy (non-hydrogen) atoms. The van der Waals surface area contributed by atoms with Gasteiger partial charge in [-0.15, -0.1) is 11.3 Å². The van der Waals surface area contributed by atoms with E-state index in [1.165, 1.54) is 28.7 Å². The molecule has 14 heteroatoms. The second-order valence-electron chi connectivity index (χ2n) is 11.3. The molecule has 0 spiro atoms. The van der Waals surface area contributed by atoms with Gasteiger partial charge in [0.15, 0.2) is 27.5 Å². The van der Waals surface area contributed by atoms with Gasteiger partial charge in [-0.1, -0.05) is 23.2 Å². The molecule has 252 valence electrons. The van der Waals surface area contributed by atoms with Gasteiger partial charge in [0.25, 0.3) is 0 Å². The number of benzene rings is 2. The van der Waals surface area contributed by atoms with Gasteiger partial charge in [0.05, 0.1) is 30.5 Å². The molecule has 11 nitrogen and oxygen atoms in total. The highest BCUT2D eigenvalue weighted by molar-refractivity contribution is 7.22. The summed E-state index contributed by atoms with van der Waals surface area (Å²) >= 11 is 2.76. The van der Waals surface area contributed by atoms with Gasteiger partial charge in [-0.05, 0) is 88.2 Å². The Labute approximate surface area is 286 Å². The Balaban J connectivity index is 1.26. The fourth-order valence-corrected chi connectivity index (χ4v) is 7.06. The van der Waals surface area contributed by atoms with Crippen LogP contribution in [-0.2, 0) is 6.42 Å². The molecule has 0 aliphatic carbocycles. The van der Waals surface area contributed by atoms with E-state index in [1.54, 1.807) is 19.2 Å². The average molecular weight is 692 g/mol. The molecule has 2 aromatic heterocycles. The van der Waals surface area contributed by atoms with Crippen molar-refractivity contribution in [3.05, 3.63) is 81.1 Å². The standard InChI is InChI=1S/C34H38FN7O4S2/c1-20(30(36)40-33-38-25-19-22(45-4)12-14-27(25)47-33)23-9-6-16-42(31(23)37)34-39-29(32(43)44)28(48-34)10-7-17-46-26-13-11-21(18-24(26)35)8-5-15-41(2)3/h11-14,18-19H,6-7,9-10,15-17,36-37H2,1-4H3,(H,38,40)(H,43,44)/b30-20+. The van der Waals surface area contributed by atoms with Gasteiger partial charge in [0, 0.05) is 23.1 Å². The maximum Gasteiger partial charge on any atom is 0.355 e. The molecule has 1 aliphatic heterocycles. The number of fused-ring (bicyclic) bond motifs is 1. The molecule has 2 aromatic carbocycles. The number of thiazole rings is 2. The van der Waals surface area contributed by atoms with E-state index in [0.717, 1.165) is 33.5 Å². The first-order chi connectivity index (χ1) is 23.0. The molecule has 0 atom stereocenters. The van der Waals surface area contributed by atoms with Crippen LogP contribution in [0.3, 0.4) is 0 Å². The summed E-state index contributed by atoms with van der Waals surface area (Å²) in [5, 5.41) is 14.3. The first-order valence-corrected chi connectivity index (χ1v) is 16.9. The van der Waals surface area contributed by atoms with E-state index in [4.69, 9.17) is 20.9 Å². The number of aromatic nitrogens is 2. The molecular weight excluding hydrogens is 654 g/mol. The number of carbonyl (C=O) groups is 1. The lowest BCUT2D eigenvalue weighted by atomic mass is 9.99. The Morgan fingerprint density at radius 3 is 2.75 bits per heavy atom. The highest BCUT2D eigenvalue weighted by Crippen LogP contribution is 2.35. The molecular formula is C34H38FN7O4S2. The van der Waals surface area contributed by atoms with Crippen LogP contribution in [0.15, 0.2) is 59.2 Å². The highest BCUT2D eigenvalue weighted by Gasteiger charge is 2.27. The van der Waals surface area contributed by atoms with E-state index in [-0.39, 0.29) is 18.1 Å². The van der Waals surface area contributed by atoms with Gasteiger partial charge < -0.3 is 36.3 Å². The van der Waals surface area contributed by atoms with Gasteiger partial charge >= 0.3 is 5.97 Å². The van der Waals surface area contributed by atoms with Gasteiger partial charge in [0.2, 0.25) is 0 Å². The average Bonchev–Trinajstić information content (AvgIpc) is 3.67. The quantitative estimate of drug-likeness (QED) is 0.109. The zero-order valence-corrected chi connectivity index (χ0v) is 28.9. The number of allylic oxidation sites excluding steroid dienone is 2. The molecule has 1 aliphatic rings. The number of nitrogens with zero attached hydrogens (tertiary/aromatic N) is 4. The van der Waals surface area contributed by atoms with Crippen molar-refractivity contribution >= 4 is 49.1 Å². The molecule has 6 N–H and O–H groups in total. The predicted molar refractivity (Wildman–Crippen MR) is 189 cm³/mol. The van der Waals surface area contributed by atoms with Crippen LogP contribution in [0.1, 0.15) is 47.1 Å². The van der Waals surface area contributed by atoms with Gasteiger partial charge in [0.1, 0.15) is 17.4 Å². The third-order valence-electron chi connectivity index (χ3n) is 7.59. The Morgan fingerprint density at radius 2 is 2.02 bits per heavy atom. The van der Waals surface area contributed by atoms with Crippen molar-refractivity contribution in [1.29, 1.82) is 0 Å². The number of methoxy groups -OCH3 is 1. The molecule has 0 saturated heterocycles. The molecule has 0 amide bonds. The summed E-state index contributed by atoms with van der Waals surface area (Å²) in [6.45, 7) is 3.25. The van der Waals surface area contributed by atoms with Gasteiger partial charge in [-0.2, -0.15) is 0 Å². The van der Waals surface area contributed by atoms with Crippen molar-refractivity contribution < 1.29 is 23.8 Å². The Morgan fingerprint density at radius 1 is 1.21 bits per heavy atom. The largest absolute Gasteiger partial charge is 0.497 e. The summed E-state index contributed by atoms with van der Waals surface area (Å²) in [5.41, 5.74) is 16.2. The lowest BCUT2D eigenvalue weighted by Gasteiger charge is -2.30. The first-order valence-electron chi connectivity index (χ1n) is 15.3. The van der Waals surface area contributed by atoms with Crippen LogP contribution in [-0.4, -0.2) is 66.8 Å². The third-order valence-corrected chi connectivity index (χ3v) is 9.68. The summed E-state index contributed by atoms with van der Waals surface area (Å²) in [6, 6.07) is 10.3. The van der Waals surface area contributed by atoms with Crippen LogP contribution >= 0.6 is 22.7 Å². The van der Waals surface area contributed by atoms with E-state index < -0.39 is 11.8 Å². The van der Waals surface area contributed by atoms with E-state index in [9.17, 15) is 14.3 Å². The van der Waals surface area contributed by atoms with Crippen molar-refractivity contribution in [3.8, 4) is 23.3 Å². The lowest BCUT2D eigenvalue weighted by molar-refractivity contribution is 0.0690. The predicted octanol–water partition coefficient (Wildman–Crippen LogP) is 5.60. The number of carboxylic acids is 1. The van der Waals surface area contributed by atoms with Crippen molar-refractivity contribution in [2.45, 2.75) is 32.6 Å². The zero-order valence-electron chi connectivity index (χ0n) is 27.2.